The topological polar surface area (TPSA) is 37.5 Å². The Hall–Kier alpha value is -2.18. The molecule has 40 heavy (non-hydrogen) atoms. The average Bonchev–Trinajstić information content (AvgIpc) is 3.34. The van der Waals surface area contributed by atoms with E-state index >= 15 is 0 Å². The van der Waals surface area contributed by atoms with E-state index in [4.69, 9.17) is 0 Å². The lowest BCUT2D eigenvalue weighted by atomic mass is 9.92. The predicted octanol–water partition coefficient (Wildman–Crippen LogP) is 6.17. The second-order valence-electron chi connectivity index (χ2n) is 13.1. The highest BCUT2D eigenvalue weighted by Crippen LogP contribution is 2.38. The summed E-state index contributed by atoms with van der Waals surface area (Å²) in [5.41, 5.74) is 5.61. The van der Waals surface area contributed by atoms with Gasteiger partial charge in [-0.1, -0.05) is 76.2 Å². The molecule has 1 aromatic heterocycles. The lowest BCUT2D eigenvalue weighted by molar-refractivity contribution is 0.118. The molecule has 5 heteroatoms. The van der Waals surface area contributed by atoms with Crippen LogP contribution in [0.3, 0.4) is 0 Å². The number of para-hydroxylation sites is 1. The van der Waals surface area contributed by atoms with E-state index in [9.17, 15) is 0 Å². The number of nitrogens with zero attached hydrogens (tertiary/aromatic N) is 3. The molecule has 5 rings (SSSR count). The van der Waals surface area contributed by atoms with E-state index in [2.05, 4.69) is 107 Å². The summed E-state index contributed by atoms with van der Waals surface area (Å²) in [6.45, 7) is 20.0. The minimum absolute atomic E-state index is 0.317. The van der Waals surface area contributed by atoms with Crippen molar-refractivity contribution in [1.82, 2.24) is 25.0 Å². The summed E-state index contributed by atoms with van der Waals surface area (Å²) in [5.74, 6) is 1.47. The molecule has 0 bridgehead atoms. The lowest BCUT2D eigenvalue weighted by Crippen LogP contribution is -2.48. The summed E-state index contributed by atoms with van der Waals surface area (Å²) in [7, 11) is 0. The number of hydrogen-bond acceptors (Lipinski definition) is 4. The van der Waals surface area contributed by atoms with E-state index in [0.29, 0.717) is 12.1 Å². The molecular weight excluding hydrogens is 490 g/mol. The van der Waals surface area contributed by atoms with Crippen LogP contribution in [0.1, 0.15) is 69.8 Å². The van der Waals surface area contributed by atoms with Gasteiger partial charge >= 0.3 is 0 Å². The average molecular weight is 544 g/mol. The molecule has 218 valence electrons. The first-order valence-corrected chi connectivity index (χ1v) is 16.0. The molecule has 2 aliphatic heterocycles. The molecule has 2 unspecified atom stereocenters. The van der Waals surface area contributed by atoms with Crippen molar-refractivity contribution in [2.24, 2.45) is 11.8 Å². The molecule has 5 nitrogen and oxygen atoms in total. The van der Waals surface area contributed by atoms with Crippen molar-refractivity contribution >= 4 is 10.9 Å². The predicted molar refractivity (Wildman–Crippen MR) is 170 cm³/mol. The molecule has 3 heterocycles. The molecular formula is C35H53N5. The Balaban J connectivity index is 1.11. The molecule has 0 radical (unpaired) electrons. The fourth-order valence-electron chi connectivity index (χ4n) is 6.89. The van der Waals surface area contributed by atoms with Gasteiger partial charge in [-0.2, -0.15) is 0 Å². The van der Waals surface area contributed by atoms with Gasteiger partial charge in [0, 0.05) is 61.9 Å². The van der Waals surface area contributed by atoms with Gasteiger partial charge in [-0.25, -0.2) is 0 Å². The van der Waals surface area contributed by atoms with Gasteiger partial charge in [0.05, 0.1) is 6.04 Å². The quantitative estimate of drug-likeness (QED) is 0.270. The monoisotopic (exact) mass is 543 g/mol. The minimum Gasteiger partial charge on any atom is -0.357 e. The SMILES string of the molecule is CC(C)CNC(CCN1CCN(CCCN2CCc3c([nH]c4ccccc34)C2c2ccccc2)CC1)CC(C)C. The van der Waals surface area contributed by atoms with E-state index < -0.39 is 0 Å². The van der Waals surface area contributed by atoms with Crippen LogP contribution in [0.25, 0.3) is 10.9 Å². The third-order valence-corrected chi connectivity index (χ3v) is 9.00. The molecule has 0 spiro atoms. The van der Waals surface area contributed by atoms with Crippen LogP contribution in [0.2, 0.25) is 0 Å². The van der Waals surface area contributed by atoms with Crippen molar-refractivity contribution < 1.29 is 0 Å². The van der Waals surface area contributed by atoms with Crippen molar-refractivity contribution in [2.75, 3.05) is 58.9 Å². The molecule has 2 atom stereocenters. The van der Waals surface area contributed by atoms with Gasteiger partial charge < -0.3 is 20.1 Å². The molecule has 3 aromatic rings. The smallest absolute Gasteiger partial charge is 0.0757 e. The number of aromatic nitrogens is 1. The van der Waals surface area contributed by atoms with Gasteiger partial charge in [0.2, 0.25) is 0 Å². The van der Waals surface area contributed by atoms with Crippen LogP contribution in [-0.4, -0.2) is 84.6 Å². The number of nitrogens with one attached hydrogen (secondary N) is 2. The van der Waals surface area contributed by atoms with Crippen LogP contribution in [0.15, 0.2) is 54.6 Å². The summed E-state index contributed by atoms with van der Waals surface area (Å²) in [6, 6.07) is 20.9. The van der Waals surface area contributed by atoms with Crippen molar-refractivity contribution in [3.63, 3.8) is 0 Å². The van der Waals surface area contributed by atoms with Crippen LogP contribution < -0.4 is 5.32 Å². The van der Waals surface area contributed by atoms with Crippen LogP contribution in [0.4, 0.5) is 0 Å². The second kappa shape index (κ2) is 14.1. The summed E-state index contributed by atoms with van der Waals surface area (Å²) < 4.78 is 0. The highest BCUT2D eigenvalue weighted by atomic mass is 15.3. The molecule has 2 N–H and O–H groups in total. The van der Waals surface area contributed by atoms with Crippen LogP contribution in [-0.2, 0) is 6.42 Å². The molecule has 0 saturated carbocycles. The number of aromatic amines is 1. The molecule has 2 aromatic carbocycles. The van der Waals surface area contributed by atoms with Gasteiger partial charge in [-0.3, -0.25) is 4.90 Å². The van der Waals surface area contributed by atoms with Crippen molar-refractivity contribution in [3.8, 4) is 0 Å². The van der Waals surface area contributed by atoms with Gasteiger partial charge in [0.15, 0.2) is 0 Å². The van der Waals surface area contributed by atoms with E-state index in [1.807, 2.05) is 0 Å². The van der Waals surface area contributed by atoms with Gasteiger partial charge in [-0.05, 0) is 74.3 Å². The first kappa shape index (κ1) is 29.3. The van der Waals surface area contributed by atoms with Gasteiger partial charge in [0.1, 0.15) is 0 Å². The third-order valence-electron chi connectivity index (χ3n) is 9.00. The Labute approximate surface area is 243 Å². The lowest BCUT2D eigenvalue weighted by Gasteiger charge is -2.38. The van der Waals surface area contributed by atoms with Crippen LogP contribution in [0, 0.1) is 11.8 Å². The summed E-state index contributed by atoms with van der Waals surface area (Å²) >= 11 is 0. The largest absolute Gasteiger partial charge is 0.357 e. The van der Waals surface area contributed by atoms with E-state index in [-0.39, 0.29) is 0 Å². The molecule has 2 aliphatic rings. The maximum Gasteiger partial charge on any atom is 0.0757 e. The summed E-state index contributed by atoms with van der Waals surface area (Å²) in [5, 5.41) is 5.25. The second-order valence-corrected chi connectivity index (χ2v) is 13.1. The van der Waals surface area contributed by atoms with Crippen molar-refractivity contribution in [1.29, 1.82) is 0 Å². The molecule has 0 amide bonds. The maximum absolute atomic E-state index is 3.84. The number of H-pyrrole nitrogens is 1. The molecule has 1 saturated heterocycles. The Morgan fingerprint density at radius 2 is 1.50 bits per heavy atom. The van der Waals surface area contributed by atoms with Crippen molar-refractivity contribution in [2.45, 2.75) is 65.5 Å². The van der Waals surface area contributed by atoms with Crippen molar-refractivity contribution in [3.05, 3.63) is 71.4 Å². The first-order valence-electron chi connectivity index (χ1n) is 16.0. The number of benzene rings is 2. The summed E-state index contributed by atoms with van der Waals surface area (Å²) in [4.78, 5) is 12.0. The zero-order valence-corrected chi connectivity index (χ0v) is 25.5. The van der Waals surface area contributed by atoms with Crippen LogP contribution in [0.5, 0.6) is 0 Å². The Bertz CT molecular complexity index is 1160. The fraction of sp³-hybridized carbons (Fsp3) is 0.600. The van der Waals surface area contributed by atoms with E-state index in [1.165, 1.54) is 86.3 Å². The maximum atomic E-state index is 3.84. The van der Waals surface area contributed by atoms with Crippen LogP contribution >= 0.6 is 0 Å². The molecule has 1 fully saturated rings. The van der Waals surface area contributed by atoms with E-state index in [0.717, 1.165) is 37.9 Å². The van der Waals surface area contributed by atoms with E-state index in [1.54, 1.807) is 0 Å². The van der Waals surface area contributed by atoms with Gasteiger partial charge in [-0.15, -0.1) is 0 Å². The standard InChI is InChI=1S/C35H53N5/c1-27(2)25-30(36-26-28(3)4)15-19-39-23-21-38(22-24-39)17-10-18-40-20-16-32-31-13-8-9-14-33(31)37-34(32)35(40)29-11-6-5-7-12-29/h5-9,11-14,27-28,30,35-37H,10,15-26H2,1-4H3. The fourth-order valence-corrected chi connectivity index (χ4v) is 6.89. The van der Waals surface area contributed by atoms with Gasteiger partial charge in [0.25, 0.3) is 0 Å². The number of rotatable bonds is 13. The molecule has 0 aliphatic carbocycles. The number of piperazine rings is 1. The summed E-state index contributed by atoms with van der Waals surface area (Å²) in [6.07, 6.45) is 4.92. The highest BCUT2D eigenvalue weighted by molar-refractivity contribution is 5.85. The number of hydrogen-bond donors (Lipinski definition) is 2. The zero-order chi connectivity index (χ0) is 27.9. The Kier molecular flexibility index (Phi) is 10.4. The zero-order valence-electron chi connectivity index (χ0n) is 25.5. The number of fused-ring (bicyclic) bond motifs is 3. The minimum atomic E-state index is 0.317. The first-order chi connectivity index (χ1) is 19.5. The highest BCUT2D eigenvalue weighted by Gasteiger charge is 2.31. The Morgan fingerprint density at radius 3 is 2.23 bits per heavy atom. The Morgan fingerprint density at radius 1 is 0.800 bits per heavy atom. The normalized spacial score (nSPS) is 20.0. The third kappa shape index (κ3) is 7.55.